The maximum atomic E-state index is 12.3. The predicted octanol–water partition coefficient (Wildman–Crippen LogP) is 3.33. The van der Waals surface area contributed by atoms with Gasteiger partial charge in [-0.15, -0.1) is 12.4 Å². The van der Waals surface area contributed by atoms with Gasteiger partial charge in [-0.05, 0) is 68.6 Å². The lowest BCUT2D eigenvalue weighted by molar-refractivity contribution is -0.118. The molecule has 0 radical (unpaired) electrons. The molecule has 0 bridgehead atoms. The molecular weight excluding hydrogens is 396 g/mol. The molecule has 6 nitrogen and oxygen atoms in total. The molecule has 158 valence electrons. The molecule has 1 heterocycles. The van der Waals surface area contributed by atoms with E-state index in [1.807, 2.05) is 6.26 Å². The van der Waals surface area contributed by atoms with Crippen LogP contribution in [0.3, 0.4) is 0 Å². The molecule has 2 rings (SSSR count). The number of anilines is 2. The van der Waals surface area contributed by atoms with Gasteiger partial charge in [0, 0.05) is 11.4 Å². The van der Waals surface area contributed by atoms with Crippen molar-refractivity contribution in [2.24, 2.45) is 5.73 Å². The molecule has 8 heteroatoms. The second kappa shape index (κ2) is 13.8. The van der Waals surface area contributed by atoms with E-state index in [1.54, 1.807) is 36.0 Å². The Morgan fingerprint density at radius 1 is 1.04 bits per heavy atom. The number of halogens is 1. The molecular formula is C20H33ClN4O2S. The fourth-order valence-corrected chi connectivity index (χ4v) is 3.61. The Morgan fingerprint density at radius 2 is 1.57 bits per heavy atom. The minimum Gasteiger partial charge on any atom is -0.325 e. The number of thioether (sulfide) groups is 1. The van der Waals surface area contributed by atoms with Crippen molar-refractivity contribution in [2.75, 3.05) is 42.3 Å². The van der Waals surface area contributed by atoms with Crippen molar-refractivity contribution in [1.82, 2.24) is 4.90 Å². The molecule has 1 atom stereocenters. The summed E-state index contributed by atoms with van der Waals surface area (Å²) >= 11 is 1.67. The number of amides is 2. The van der Waals surface area contributed by atoms with Gasteiger partial charge in [0.1, 0.15) is 0 Å². The molecule has 4 N–H and O–H groups in total. The van der Waals surface area contributed by atoms with E-state index in [0.29, 0.717) is 18.7 Å². The standard InChI is InChI=1S/C20H32N4O2S.ClH/c1-27-14-11-18(21)20(26)23-17-9-7-16(8-10-17)22-19(25)15-24-12-5-3-2-4-6-13-24;/h7-10,18H,2-6,11-15,21H2,1H3,(H,22,25)(H,23,26);1H/t18-;/m0./s1. The van der Waals surface area contributed by atoms with E-state index in [-0.39, 0.29) is 24.2 Å². The van der Waals surface area contributed by atoms with Gasteiger partial charge in [-0.1, -0.05) is 19.3 Å². The molecule has 1 aromatic carbocycles. The van der Waals surface area contributed by atoms with Crippen molar-refractivity contribution in [2.45, 2.75) is 44.6 Å². The summed E-state index contributed by atoms with van der Waals surface area (Å²) in [6, 6.07) is 6.66. The number of nitrogens with two attached hydrogens (primary N) is 1. The summed E-state index contributed by atoms with van der Waals surface area (Å²) in [7, 11) is 0. The zero-order valence-corrected chi connectivity index (χ0v) is 18.2. The second-order valence-electron chi connectivity index (χ2n) is 7.05. The molecule has 28 heavy (non-hydrogen) atoms. The van der Waals surface area contributed by atoms with E-state index in [2.05, 4.69) is 15.5 Å². The summed E-state index contributed by atoms with van der Waals surface area (Å²) in [6.07, 6.45) is 8.80. The molecule has 0 aromatic heterocycles. The van der Waals surface area contributed by atoms with Crippen LogP contribution in [-0.2, 0) is 9.59 Å². The number of nitrogens with zero attached hydrogens (tertiary/aromatic N) is 1. The van der Waals surface area contributed by atoms with Crippen molar-refractivity contribution in [3.8, 4) is 0 Å². The van der Waals surface area contributed by atoms with Crippen LogP contribution in [0, 0.1) is 0 Å². The van der Waals surface area contributed by atoms with E-state index >= 15 is 0 Å². The van der Waals surface area contributed by atoms with Crippen molar-refractivity contribution in [3.05, 3.63) is 24.3 Å². The number of nitrogens with one attached hydrogen (secondary N) is 2. The molecule has 2 amide bonds. The van der Waals surface area contributed by atoms with Gasteiger partial charge in [0.25, 0.3) is 0 Å². The Balaban J connectivity index is 0.00000392. The van der Waals surface area contributed by atoms with Crippen LogP contribution in [-0.4, -0.2) is 54.4 Å². The summed E-state index contributed by atoms with van der Waals surface area (Å²) in [4.78, 5) is 26.6. The van der Waals surface area contributed by atoms with Crippen molar-refractivity contribution in [3.63, 3.8) is 0 Å². The largest absolute Gasteiger partial charge is 0.325 e. The fraction of sp³-hybridized carbons (Fsp3) is 0.600. The predicted molar refractivity (Wildman–Crippen MR) is 121 cm³/mol. The number of hydrogen-bond donors (Lipinski definition) is 3. The van der Waals surface area contributed by atoms with Gasteiger partial charge in [0.2, 0.25) is 11.8 Å². The third kappa shape index (κ3) is 9.28. The second-order valence-corrected chi connectivity index (χ2v) is 8.03. The van der Waals surface area contributed by atoms with Gasteiger partial charge in [0.05, 0.1) is 12.6 Å². The van der Waals surface area contributed by atoms with Crippen LogP contribution in [0.2, 0.25) is 0 Å². The average molecular weight is 429 g/mol. The van der Waals surface area contributed by atoms with Gasteiger partial charge in [-0.25, -0.2) is 0 Å². The fourth-order valence-electron chi connectivity index (χ4n) is 3.12. The summed E-state index contributed by atoms with van der Waals surface area (Å²) < 4.78 is 0. The van der Waals surface area contributed by atoms with Crippen LogP contribution in [0.25, 0.3) is 0 Å². The minimum absolute atomic E-state index is 0. The maximum Gasteiger partial charge on any atom is 0.241 e. The molecule has 0 unspecified atom stereocenters. The van der Waals surface area contributed by atoms with E-state index in [4.69, 9.17) is 5.73 Å². The maximum absolute atomic E-state index is 12.3. The highest BCUT2D eigenvalue weighted by molar-refractivity contribution is 7.98. The van der Waals surface area contributed by atoms with E-state index in [0.717, 1.165) is 24.5 Å². The zero-order valence-electron chi connectivity index (χ0n) is 16.6. The van der Waals surface area contributed by atoms with Crippen LogP contribution < -0.4 is 16.4 Å². The Kier molecular flexibility index (Phi) is 12.2. The number of carbonyl (C=O) groups excluding carboxylic acids is 2. The Labute approximate surface area is 178 Å². The monoisotopic (exact) mass is 428 g/mol. The Morgan fingerprint density at radius 3 is 2.14 bits per heavy atom. The summed E-state index contributed by atoms with van der Waals surface area (Å²) in [5.74, 6) is 0.681. The summed E-state index contributed by atoms with van der Waals surface area (Å²) in [6.45, 7) is 2.42. The number of carbonyl (C=O) groups is 2. The SMILES string of the molecule is CSCC[C@H](N)C(=O)Nc1ccc(NC(=O)CN2CCCCCCC2)cc1.Cl. The summed E-state index contributed by atoms with van der Waals surface area (Å²) in [5.41, 5.74) is 7.28. The smallest absolute Gasteiger partial charge is 0.241 e. The highest BCUT2D eigenvalue weighted by Gasteiger charge is 2.14. The van der Waals surface area contributed by atoms with Crippen molar-refractivity contribution >= 4 is 47.4 Å². The van der Waals surface area contributed by atoms with Gasteiger partial charge in [0.15, 0.2) is 0 Å². The minimum atomic E-state index is -0.505. The topological polar surface area (TPSA) is 87.5 Å². The van der Waals surface area contributed by atoms with E-state index in [9.17, 15) is 9.59 Å². The van der Waals surface area contributed by atoms with Crippen LogP contribution in [0.5, 0.6) is 0 Å². The molecule has 1 aliphatic heterocycles. The first kappa shape index (κ1) is 24.8. The molecule has 0 aliphatic carbocycles. The highest BCUT2D eigenvalue weighted by Crippen LogP contribution is 2.15. The summed E-state index contributed by atoms with van der Waals surface area (Å²) in [5, 5.41) is 5.75. The normalized spacial score (nSPS) is 16.2. The zero-order chi connectivity index (χ0) is 19.5. The van der Waals surface area contributed by atoms with Crippen LogP contribution in [0.15, 0.2) is 24.3 Å². The quantitative estimate of drug-likeness (QED) is 0.591. The number of rotatable bonds is 8. The molecule has 0 spiro atoms. The highest BCUT2D eigenvalue weighted by atomic mass is 35.5. The third-order valence-corrected chi connectivity index (χ3v) is 5.37. The van der Waals surface area contributed by atoms with Gasteiger partial charge < -0.3 is 16.4 Å². The Hall–Kier alpha value is -1.28. The molecule has 1 fully saturated rings. The first-order valence-electron chi connectivity index (χ1n) is 9.76. The molecule has 1 aromatic rings. The molecule has 1 saturated heterocycles. The van der Waals surface area contributed by atoms with Gasteiger partial charge >= 0.3 is 0 Å². The van der Waals surface area contributed by atoms with Crippen molar-refractivity contribution < 1.29 is 9.59 Å². The lowest BCUT2D eigenvalue weighted by Crippen LogP contribution is -2.36. The Bertz CT molecular complexity index is 592. The number of likely N-dealkylation sites (tertiary alicyclic amines) is 1. The number of hydrogen-bond acceptors (Lipinski definition) is 5. The van der Waals surface area contributed by atoms with Gasteiger partial charge in [-0.2, -0.15) is 11.8 Å². The van der Waals surface area contributed by atoms with Crippen LogP contribution in [0.1, 0.15) is 38.5 Å². The lowest BCUT2D eigenvalue weighted by atomic mass is 10.1. The van der Waals surface area contributed by atoms with Gasteiger partial charge in [-0.3, -0.25) is 14.5 Å². The number of benzene rings is 1. The average Bonchev–Trinajstić information content (AvgIpc) is 2.63. The first-order valence-corrected chi connectivity index (χ1v) is 11.2. The van der Waals surface area contributed by atoms with E-state index < -0.39 is 6.04 Å². The lowest BCUT2D eigenvalue weighted by Gasteiger charge is -2.23. The van der Waals surface area contributed by atoms with E-state index in [1.165, 1.54) is 32.1 Å². The first-order chi connectivity index (χ1) is 13.1. The molecule has 1 aliphatic rings. The van der Waals surface area contributed by atoms with Crippen LogP contribution >= 0.6 is 24.2 Å². The van der Waals surface area contributed by atoms with Crippen LogP contribution in [0.4, 0.5) is 11.4 Å². The third-order valence-electron chi connectivity index (χ3n) is 4.72. The van der Waals surface area contributed by atoms with Crippen molar-refractivity contribution in [1.29, 1.82) is 0 Å². The molecule has 0 saturated carbocycles.